The highest BCUT2D eigenvalue weighted by atomic mass is 32.2. The van der Waals surface area contributed by atoms with Gasteiger partial charge >= 0.3 is 12.4 Å². The molecule has 236 valence electrons. The number of anilines is 1. The van der Waals surface area contributed by atoms with Crippen molar-refractivity contribution in [3.8, 4) is 0 Å². The number of nitrogens with zero attached hydrogens (tertiary/aromatic N) is 3. The van der Waals surface area contributed by atoms with Gasteiger partial charge in [-0.05, 0) is 55.3 Å². The average molecular weight is 631 g/mol. The maximum Gasteiger partial charge on any atom is 0.418 e. The molecule has 0 aromatic heterocycles. The van der Waals surface area contributed by atoms with Crippen LogP contribution in [-0.4, -0.2) is 90.7 Å². The molecular formula is C30H36F6N4O2S. The number of benzene rings is 2. The number of carbonyl (C=O) groups excluding carboxylic acids is 1. The molecular weight excluding hydrogens is 594 g/mol. The number of aliphatic hydroxyl groups is 1. The van der Waals surface area contributed by atoms with E-state index in [2.05, 4.69) is 17.1 Å². The van der Waals surface area contributed by atoms with E-state index in [0.29, 0.717) is 55.1 Å². The Morgan fingerprint density at radius 3 is 2.23 bits per heavy atom. The number of halogens is 6. The summed E-state index contributed by atoms with van der Waals surface area (Å²) in [6.45, 7) is 6.89. The van der Waals surface area contributed by atoms with Gasteiger partial charge in [-0.2, -0.15) is 26.3 Å². The first-order valence-corrected chi connectivity index (χ1v) is 15.1. The highest BCUT2D eigenvalue weighted by Crippen LogP contribution is 2.48. The molecule has 2 aromatic carbocycles. The lowest BCUT2D eigenvalue weighted by molar-refractivity contribution is -0.163. The maximum absolute atomic E-state index is 14.3. The third-order valence-electron chi connectivity index (χ3n) is 7.74. The van der Waals surface area contributed by atoms with Crippen LogP contribution < -0.4 is 5.32 Å². The number of piperazine rings is 1. The van der Waals surface area contributed by atoms with Gasteiger partial charge in [-0.1, -0.05) is 30.8 Å². The summed E-state index contributed by atoms with van der Waals surface area (Å²) in [5, 5.41) is 12.5. The quantitative estimate of drug-likeness (QED) is 0.265. The van der Waals surface area contributed by atoms with E-state index in [1.807, 2.05) is 4.90 Å². The van der Waals surface area contributed by atoms with Gasteiger partial charge in [0.2, 0.25) is 5.91 Å². The minimum Gasteiger partial charge on any atom is -0.395 e. The number of nitrogens with one attached hydrogen (secondary N) is 1. The fourth-order valence-electron chi connectivity index (χ4n) is 5.42. The monoisotopic (exact) mass is 630 g/mol. The van der Waals surface area contributed by atoms with Crippen LogP contribution in [0.2, 0.25) is 0 Å². The first-order valence-electron chi connectivity index (χ1n) is 14.3. The lowest BCUT2D eigenvalue weighted by atomic mass is 9.99. The van der Waals surface area contributed by atoms with E-state index < -0.39 is 39.8 Å². The third-order valence-corrected chi connectivity index (χ3v) is 8.79. The second kappa shape index (κ2) is 14.4. The normalized spacial score (nSPS) is 18.0. The number of likely N-dealkylation sites (tertiary alicyclic amines) is 1. The minimum atomic E-state index is -5.32. The van der Waals surface area contributed by atoms with E-state index >= 15 is 0 Å². The van der Waals surface area contributed by atoms with Crippen molar-refractivity contribution >= 4 is 29.4 Å². The Kier molecular flexibility index (Phi) is 11.1. The molecule has 2 saturated heterocycles. The lowest BCUT2D eigenvalue weighted by Gasteiger charge is -2.33. The van der Waals surface area contributed by atoms with Gasteiger partial charge in [0.1, 0.15) is 0 Å². The van der Waals surface area contributed by atoms with Crippen LogP contribution in [0.1, 0.15) is 36.5 Å². The molecule has 2 aliphatic heterocycles. The van der Waals surface area contributed by atoms with E-state index in [1.54, 1.807) is 24.3 Å². The van der Waals surface area contributed by atoms with E-state index in [-0.39, 0.29) is 12.6 Å². The lowest BCUT2D eigenvalue weighted by Crippen LogP contribution is -2.48. The number of β-amino-alcohol motifs (C(OH)–C–C–N with tert-alkyl or cyclic N) is 1. The average Bonchev–Trinajstić information content (AvgIpc) is 2.96. The molecule has 0 spiro atoms. The molecule has 2 N–H and O–H groups in total. The zero-order chi connectivity index (χ0) is 31.2. The van der Waals surface area contributed by atoms with Crippen LogP contribution in [0, 0.1) is 0 Å². The zero-order valence-corrected chi connectivity index (χ0v) is 24.7. The Morgan fingerprint density at radius 1 is 0.953 bits per heavy atom. The SMILES string of the molecule is CCN1CCC(Nc2cccc(Sc3ccc(/C=C/C(=O)N4CCN(CCO)CC4)c(C(F)(F)F)c3C(F)(F)F)c2)CC1. The molecule has 0 atom stereocenters. The predicted molar refractivity (Wildman–Crippen MR) is 155 cm³/mol. The molecule has 0 radical (unpaired) electrons. The van der Waals surface area contributed by atoms with Crippen LogP contribution in [-0.2, 0) is 17.1 Å². The van der Waals surface area contributed by atoms with E-state index in [0.717, 1.165) is 56.8 Å². The van der Waals surface area contributed by atoms with Crippen molar-refractivity contribution < 1.29 is 36.2 Å². The fraction of sp³-hybridized carbons (Fsp3) is 0.500. The minimum absolute atomic E-state index is 0.0369. The number of hydrogen-bond acceptors (Lipinski definition) is 6. The summed E-state index contributed by atoms with van der Waals surface area (Å²) < 4.78 is 85.7. The van der Waals surface area contributed by atoms with Gasteiger partial charge in [-0.15, -0.1) is 0 Å². The van der Waals surface area contributed by atoms with Crippen molar-refractivity contribution in [2.24, 2.45) is 0 Å². The van der Waals surface area contributed by atoms with Gasteiger partial charge < -0.3 is 20.2 Å². The Bertz CT molecular complexity index is 1270. The third kappa shape index (κ3) is 8.90. The Labute approximate surface area is 251 Å². The summed E-state index contributed by atoms with van der Waals surface area (Å²) in [6, 6.07) is 8.88. The highest BCUT2D eigenvalue weighted by molar-refractivity contribution is 7.99. The van der Waals surface area contributed by atoms with Crippen molar-refractivity contribution in [1.82, 2.24) is 14.7 Å². The molecule has 0 unspecified atom stereocenters. The number of hydrogen-bond donors (Lipinski definition) is 2. The van der Waals surface area contributed by atoms with E-state index in [1.165, 1.54) is 4.90 Å². The summed E-state index contributed by atoms with van der Waals surface area (Å²) in [7, 11) is 0. The highest BCUT2D eigenvalue weighted by Gasteiger charge is 2.46. The second-order valence-electron chi connectivity index (χ2n) is 10.6. The molecule has 2 aromatic rings. The van der Waals surface area contributed by atoms with Crippen LogP contribution >= 0.6 is 11.8 Å². The second-order valence-corrected chi connectivity index (χ2v) is 11.7. The molecule has 1 amide bonds. The largest absolute Gasteiger partial charge is 0.418 e. The zero-order valence-electron chi connectivity index (χ0n) is 23.8. The molecule has 4 rings (SSSR count). The summed E-state index contributed by atoms with van der Waals surface area (Å²) in [4.78, 5) is 18.1. The summed E-state index contributed by atoms with van der Waals surface area (Å²) in [5.74, 6) is -0.589. The molecule has 13 heteroatoms. The number of carbonyl (C=O) groups is 1. The van der Waals surface area contributed by atoms with Crippen LogP contribution in [0.5, 0.6) is 0 Å². The number of piperidine rings is 1. The standard InChI is InChI=1S/C30H36F6N4O2S/c1-2-38-12-10-22(11-13-38)37-23-4-3-5-24(20-23)43-25-8-6-21(27(29(31,32)33)28(25)30(34,35)36)7-9-26(42)40-16-14-39(15-17-40)18-19-41/h3-9,20,22,37,41H,2,10-19H2,1H3/b9-7+. The van der Waals surface area contributed by atoms with Crippen LogP contribution in [0.15, 0.2) is 52.3 Å². The number of rotatable bonds is 9. The van der Waals surface area contributed by atoms with Gasteiger partial charge in [0.25, 0.3) is 0 Å². The van der Waals surface area contributed by atoms with Crippen molar-refractivity contribution in [2.45, 2.75) is 48.0 Å². The fourth-order valence-corrected chi connectivity index (χ4v) is 6.46. The molecule has 2 heterocycles. The van der Waals surface area contributed by atoms with Crippen LogP contribution in [0.3, 0.4) is 0 Å². The topological polar surface area (TPSA) is 59.1 Å². The van der Waals surface area contributed by atoms with E-state index in [4.69, 9.17) is 5.11 Å². The molecule has 2 fully saturated rings. The Hall–Kier alpha value is -2.74. The van der Waals surface area contributed by atoms with Crippen LogP contribution in [0.25, 0.3) is 6.08 Å². The molecule has 0 saturated carbocycles. The number of alkyl halides is 6. The van der Waals surface area contributed by atoms with Crippen LogP contribution in [0.4, 0.5) is 32.0 Å². The number of aliphatic hydroxyl groups excluding tert-OH is 1. The van der Waals surface area contributed by atoms with Crippen molar-refractivity contribution in [1.29, 1.82) is 0 Å². The van der Waals surface area contributed by atoms with Gasteiger partial charge in [-0.25, -0.2) is 0 Å². The van der Waals surface area contributed by atoms with Gasteiger partial charge in [-0.3, -0.25) is 9.69 Å². The summed E-state index contributed by atoms with van der Waals surface area (Å²) >= 11 is 0.622. The Balaban J connectivity index is 1.57. The summed E-state index contributed by atoms with van der Waals surface area (Å²) in [6.07, 6.45) is -7.10. The summed E-state index contributed by atoms with van der Waals surface area (Å²) in [5.41, 5.74) is -3.63. The number of amides is 1. The van der Waals surface area contributed by atoms with Gasteiger partial charge in [0.15, 0.2) is 0 Å². The molecule has 2 aliphatic rings. The maximum atomic E-state index is 14.3. The van der Waals surface area contributed by atoms with Gasteiger partial charge in [0, 0.05) is 73.4 Å². The van der Waals surface area contributed by atoms with E-state index in [9.17, 15) is 31.1 Å². The van der Waals surface area contributed by atoms with Gasteiger partial charge in [0.05, 0.1) is 17.7 Å². The molecule has 6 nitrogen and oxygen atoms in total. The molecule has 0 aliphatic carbocycles. The van der Waals surface area contributed by atoms with Crippen molar-refractivity contribution in [2.75, 3.05) is 64.3 Å². The van der Waals surface area contributed by atoms with Crippen molar-refractivity contribution in [3.63, 3.8) is 0 Å². The Morgan fingerprint density at radius 2 is 1.63 bits per heavy atom. The smallest absolute Gasteiger partial charge is 0.395 e. The van der Waals surface area contributed by atoms with Crippen molar-refractivity contribution in [3.05, 3.63) is 59.2 Å². The predicted octanol–water partition coefficient (Wildman–Crippen LogP) is 5.92. The molecule has 0 bridgehead atoms. The first-order chi connectivity index (χ1) is 20.4. The first kappa shape index (κ1) is 33.2. The molecule has 43 heavy (non-hydrogen) atoms.